The van der Waals surface area contributed by atoms with Gasteiger partial charge in [0.15, 0.2) is 6.29 Å². The van der Waals surface area contributed by atoms with Gasteiger partial charge in [-0.25, -0.2) is 0 Å². The van der Waals surface area contributed by atoms with Gasteiger partial charge < -0.3 is 4.90 Å². The van der Waals surface area contributed by atoms with Gasteiger partial charge in [0.1, 0.15) is 11.0 Å². The largest absolute Gasteiger partial charge is 0.311 e. The summed E-state index contributed by atoms with van der Waals surface area (Å²) in [6.45, 7) is 3.04. The number of para-hydroxylation sites is 2. The number of aryl methyl sites for hydroxylation is 1. The summed E-state index contributed by atoms with van der Waals surface area (Å²) in [5.74, 6) is 0. The lowest BCUT2D eigenvalue weighted by Gasteiger charge is -2.25. The van der Waals surface area contributed by atoms with E-state index >= 15 is 0 Å². The Bertz CT molecular complexity index is 1740. The predicted molar refractivity (Wildman–Crippen MR) is 180 cm³/mol. The molecule has 0 bridgehead atoms. The van der Waals surface area contributed by atoms with Crippen LogP contribution in [0.5, 0.6) is 0 Å². The number of nitrogens with zero attached hydrogens (tertiary/aromatic N) is 4. The lowest BCUT2D eigenvalue weighted by molar-refractivity contribution is 0.112. The normalized spacial score (nSPS) is 11.2. The highest BCUT2D eigenvalue weighted by Gasteiger charge is 2.18. The van der Waals surface area contributed by atoms with E-state index in [0.717, 1.165) is 68.9 Å². The van der Waals surface area contributed by atoms with Crippen molar-refractivity contribution in [3.05, 3.63) is 114 Å². The van der Waals surface area contributed by atoms with Crippen molar-refractivity contribution < 1.29 is 4.79 Å². The molecule has 0 aliphatic heterocycles. The molecule has 0 radical (unpaired) electrons. The number of fused-ring (bicyclic) bond motifs is 1. The van der Waals surface area contributed by atoms with E-state index in [9.17, 15) is 4.79 Å². The maximum atomic E-state index is 11.4. The number of carbonyl (C=O) groups is 1. The molecule has 216 valence electrons. The summed E-state index contributed by atoms with van der Waals surface area (Å²) >= 11 is 1.49. The van der Waals surface area contributed by atoms with Crippen LogP contribution in [-0.4, -0.2) is 21.3 Å². The Hall–Kier alpha value is -4.55. The average Bonchev–Trinajstić information content (AvgIpc) is 3.72. The zero-order chi connectivity index (χ0) is 29.4. The fraction of sp³-hybridized carbons (Fsp3) is 0.216. The smallest absolute Gasteiger partial charge is 0.160 e. The van der Waals surface area contributed by atoms with E-state index in [0.29, 0.717) is 4.88 Å². The van der Waals surface area contributed by atoms with Gasteiger partial charge in [0.2, 0.25) is 0 Å². The highest BCUT2D eigenvalue weighted by Crippen LogP contribution is 2.39. The van der Waals surface area contributed by atoms with E-state index in [1.807, 2.05) is 29.1 Å². The third-order valence-electron chi connectivity index (χ3n) is 7.77. The SMILES string of the molecule is CCCCCCCCn1nc2c(-c3ccc(N(c4ccccc4)c4ccccc4)cc3)ccc(-c3ccc(C=O)s3)c2n1. The van der Waals surface area contributed by atoms with Crippen molar-refractivity contribution in [1.82, 2.24) is 15.0 Å². The van der Waals surface area contributed by atoms with Crippen LogP contribution >= 0.6 is 11.3 Å². The molecule has 0 spiro atoms. The van der Waals surface area contributed by atoms with Gasteiger partial charge in [0, 0.05) is 33.1 Å². The van der Waals surface area contributed by atoms with Gasteiger partial charge in [-0.15, -0.1) is 11.3 Å². The monoisotopic (exact) mass is 584 g/mol. The van der Waals surface area contributed by atoms with Crippen LogP contribution in [0.3, 0.4) is 0 Å². The minimum atomic E-state index is 0.712. The average molecular weight is 585 g/mol. The van der Waals surface area contributed by atoms with Gasteiger partial charge in [-0.05, 0) is 60.5 Å². The van der Waals surface area contributed by atoms with Crippen LogP contribution in [0.15, 0.2) is 109 Å². The lowest BCUT2D eigenvalue weighted by Crippen LogP contribution is -2.09. The van der Waals surface area contributed by atoms with Crippen molar-refractivity contribution in [2.24, 2.45) is 0 Å². The molecule has 2 aromatic heterocycles. The van der Waals surface area contributed by atoms with Crippen LogP contribution < -0.4 is 4.90 Å². The Morgan fingerprint density at radius 3 is 1.86 bits per heavy atom. The molecule has 6 heteroatoms. The molecule has 43 heavy (non-hydrogen) atoms. The molecule has 0 fully saturated rings. The van der Waals surface area contributed by atoms with Crippen LogP contribution in [0, 0.1) is 0 Å². The molecular formula is C37H36N4OS. The summed E-state index contributed by atoms with van der Waals surface area (Å²) < 4.78 is 0. The van der Waals surface area contributed by atoms with Gasteiger partial charge in [0.25, 0.3) is 0 Å². The lowest BCUT2D eigenvalue weighted by atomic mass is 10.0. The maximum Gasteiger partial charge on any atom is 0.160 e. The molecule has 6 aromatic rings. The first kappa shape index (κ1) is 28.6. The van der Waals surface area contributed by atoms with Crippen molar-refractivity contribution in [1.29, 1.82) is 0 Å². The van der Waals surface area contributed by atoms with Crippen molar-refractivity contribution in [2.75, 3.05) is 4.90 Å². The number of benzene rings is 4. The van der Waals surface area contributed by atoms with E-state index < -0.39 is 0 Å². The molecule has 0 N–H and O–H groups in total. The number of thiophene rings is 1. The molecule has 0 unspecified atom stereocenters. The molecule has 0 atom stereocenters. The van der Waals surface area contributed by atoms with Gasteiger partial charge in [-0.3, -0.25) is 4.79 Å². The summed E-state index contributed by atoms with van der Waals surface area (Å²) in [7, 11) is 0. The summed E-state index contributed by atoms with van der Waals surface area (Å²) in [6, 6.07) is 37.7. The number of aromatic nitrogens is 3. The number of rotatable bonds is 13. The number of carbonyl (C=O) groups excluding carboxylic acids is 1. The standard InChI is InChI=1S/C37H36N4OS/c1-2-3-4-5-6-13-26-40-38-36-33(23-24-34(37(36)39-40)35-25-22-32(27-42)43-35)28-18-20-31(21-19-28)41(29-14-9-7-10-15-29)30-16-11-8-12-17-30/h7-12,14-25,27H,2-6,13,26H2,1H3. The van der Waals surface area contributed by atoms with Crippen LogP contribution in [-0.2, 0) is 6.54 Å². The second-order valence-electron chi connectivity index (χ2n) is 10.8. The second-order valence-corrected chi connectivity index (χ2v) is 11.9. The third kappa shape index (κ3) is 6.45. The molecule has 4 aromatic carbocycles. The minimum absolute atomic E-state index is 0.712. The number of anilines is 3. The van der Waals surface area contributed by atoms with Crippen LogP contribution in [0.1, 0.15) is 55.1 Å². The molecule has 6 rings (SSSR count). The predicted octanol–water partition coefficient (Wildman–Crippen LogP) is 10.5. The van der Waals surface area contributed by atoms with Crippen LogP contribution in [0.25, 0.3) is 32.6 Å². The van der Waals surface area contributed by atoms with Gasteiger partial charge in [-0.1, -0.05) is 99.7 Å². The first-order chi connectivity index (χ1) is 21.2. The molecular weight excluding hydrogens is 549 g/mol. The van der Waals surface area contributed by atoms with Crippen LogP contribution in [0.2, 0.25) is 0 Å². The quantitative estimate of drug-likeness (QED) is 0.100. The molecule has 0 amide bonds. The van der Waals surface area contributed by atoms with Crippen molar-refractivity contribution in [3.63, 3.8) is 0 Å². The molecule has 0 saturated carbocycles. The first-order valence-corrected chi connectivity index (χ1v) is 16.0. The zero-order valence-corrected chi connectivity index (χ0v) is 25.3. The fourth-order valence-electron chi connectivity index (χ4n) is 5.55. The Morgan fingerprint density at radius 1 is 0.651 bits per heavy atom. The van der Waals surface area contributed by atoms with Crippen molar-refractivity contribution >= 4 is 45.7 Å². The summed E-state index contributed by atoms with van der Waals surface area (Å²) in [6.07, 6.45) is 8.25. The Balaban J connectivity index is 1.35. The molecule has 5 nitrogen and oxygen atoms in total. The van der Waals surface area contributed by atoms with E-state index in [-0.39, 0.29) is 0 Å². The molecule has 0 saturated heterocycles. The summed E-state index contributed by atoms with van der Waals surface area (Å²) in [4.78, 5) is 17.3. The fourth-order valence-corrected chi connectivity index (χ4v) is 6.40. The van der Waals surface area contributed by atoms with Crippen LogP contribution in [0.4, 0.5) is 17.1 Å². The Kier molecular flexibility index (Phi) is 9.04. The zero-order valence-electron chi connectivity index (χ0n) is 24.5. The number of unbranched alkanes of at least 4 members (excludes halogenated alkanes) is 5. The summed E-state index contributed by atoms with van der Waals surface area (Å²) in [5.41, 5.74) is 8.23. The number of hydrogen-bond acceptors (Lipinski definition) is 5. The van der Waals surface area contributed by atoms with Gasteiger partial charge >= 0.3 is 0 Å². The second kappa shape index (κ2) is 13.6. The highest BCUT2D eigenvalue weighted by atomic mass is 32.1. The van der Waals surface area contributed by atoms with Gasteiger partial charge in [0.05, 0.1) is 11.4 Å². The van der Waals surface area contributed by atoms with Gasteiger partial charge in [-0.2, -0.15) is 15.0 Å². The topological polar surface area (TPSA) is 51.0 Å². The van der Waals surface area contributed by atoms with E-state index in [1.165, 1.54) is 43.4 Å². The van der Waals surface area contributed by atoms with Crippen molar-refractivity contribution in [2.45, 2.75) is 52.0 Å². The Morgan fingerprint density at radius 2 is 1.23 bits per heavy atom. The first-order valence-electron chi connectivity index (χ1n) is 15.2. The van der Waals surface area contributed by atoms with E-state index in [1.54, 1.807) is 0 Å². The number of aldehydes is 1. The Labute approximate surface area is 257 Å². The maximum absolute atomic E-state index is 11.4. The molecule has 0 aliphatic rings. The minimum Gasteiger partial charge on any atom is -0.311 e. The van der Waals surface area contributed by atoms with E-state index in [2.05, 4.69) is 96.8 Å². The highest BCUT2D eigenvalue weighted by molar-refractivity contribution is 7.17. The summed E-state index contributed by atoms with van der Waals surface area (Å²) in [5, 5.41) is 10.0. The third-order valence-corrected chi connectivity index (χ3v) is 8.81. The molecule has 2 heterocycles. The van der Waals surface area contributed by atoms with E-state index in [4.69, 9.17) is 10.2 Å². The number of hydrogen-bond donors (Lipinski definition) is 0. The molecule has 0 aliphatic carbocycles. The van der Waals surface area contributed by atoms with Crippen molar-refractivity contribution in [3.8, 4) is 21.6 Å².